The van der Waals surface area contributed by atoms with Crippen molar-refractivity contribution < 1.29 is 4.92 Å². The summed E-state index contributed by atoms with van der Waals surface area (Å²) in [5.74, 6) is 0. The zero-order valence-corrected chi connectivity index (χ0v) is 11.8. The molecule has 0 saturated carbocycles. The summed E-state index contributed by atoms with van der Waals surface area (Å²) in [6.07, 6.45) is 0.542. The standard InChI is InChI=1S/C15H15ClN2O2/c1-10-6-12(8-13(7-10)18(19)20)15(17)9-11-4-2-3-5-14(11)16/h2-8,15H,9,17H2,1H3. The Bertz CT molecular complexity index is 644. The van der Waals surface area contributed by atoms with E-state index >= 15 is 0 Å². The second kappa shape index (κ2) is 6.03. The number of nitro groups is 1. The van der Waals surface area contributed by atoms with Crippen molar-refractivity contribution in [3.63, 3.8) is 0 Å². The molecule has 0 aromatic heterocycles. The third-order valence-corrected chi connectivity index (χ3v) is 3.49. The minimum absolute atomic E-state index is 0.0645. The maximum atomic E-state index is 10.9. The fraction of sp³-hybridized carbons (Fsp3) is 0.200. The van der Waals surface area contributed by atoms with Crippen LogP contribution in [0.3, 0.4) is 0 Å². The molecule has 0 aliphatic rings. The molecule has 0 amide bonds. The van der Waals surface area contributed by atoms with E-state index in [0.29, 0.717) is 11.4 Å². The summed E-state index contributed by atoms with van der Waals surface area (Å²) in [6.45, 7) is 1.82. The highest BCUT2D eigenvalue weighted by Crippen LogP contribution is 2.25. The first-order chi connectivity index (χ1) is 9.47. The van der Waals surface area contributed by atoms with Crippen molar-refractivity contribution in [1.82, 2.24) is 0 Å². The quantitative estimate of drug-likeness (QED) is 0.688. The molecule has 0 radical (unpaired) electrons. The first kappa shape index (κ1) is 14.5. The lowest BCUT2D eigenvalue weighted by molar-refractivity contribution is -0.385. The van der Waals surface area contributed by atoms with Gasteiger partial charge in [0.15, 0.2) is 0 Å². The third-order valence-electron chi connectivity index (χ3n) is 3.12. The van der Waals surface area contributed by atoms with Gasteiger partial charge in [0.1, 0.15) is 0 Å². The van der Waals surface area contributed by atoms with Crippen LogP contribution in [0.4, 0.5) is 5.69 Å². The van der Waals surface area contributed by atoms with E-state index in [2.05, 4.69) is 0 Å². The third kappa shape index (κ3) is 3.35. The van der Waals surface area contributed by atoms with Crippen LogP contribution in [0.2, 0.25) is 5.02 Å². The van der Waals surface area contributed by atoms with Gasteiger partial charge in [-0.05, 0) is 36.1 Å². The Balaban J connectivity index is 2.27. The van der Waals surface area contributed by atoms with Crippen molar-refractivity contribution in [2.45, 2.75) is 19.4 Å². The molecule has 4 nitrogen and oxygen atoms in total. The van der Waals surface area contributed by atoms with Crippen LogP contribution in [0.5, 0.6) is 0 Å². The number of halogens is 1. The minimum Gasteiger partial charge on any atom is -0.324 e. The molecular weight excluding hydrogens is 276 g/mol. The van der Waals surface area contributed by atoms with Gasteiger partial charge in [-0.25, -0.2) is 0 Å². The molecular formula is C15H15ClN2O2. The Hall–Kier alpha value is -1.91. The van der Waals surface area contributed by atoms with Gasteiger partial charge in [-0.1, -0.05) is 35.9 Å². The van der Waals surface area contributed by atoms with Crippen LogP contribution in [0, 0.1) is 17.0 Å². The lowest BCUT2D eigenvalue weighted by Crippen LogP contribution is -2.14. The maximum absolute atomic E-state index is 10.9. The van der Waals surface area contributed by atoms with Gasteiger partial charge in [-0.3, -0.25) is 10.1 Å². The molecule has 1 unspecified atom stereocenters. The fourth-order valence-corrected chi connectivity index (χ4v) is 2.34. The van der Waals surface area contributed by atoms with Gasteiger partial charge >= 0.3 is 0 Å². The van der Waals surface area contributed by atoms with Crippen molar-refractivity contribution in [3.8, 4) is 0 Å². The lowest BCUT2D eigenvalue weighted by atomic mass is 9.98. The molecule has 1 atom stereocenters. The molecule has 2 aromatic rings. The van der Waals surface area contributed by atoms with Crippen LogP contribution in [0.25, 0.3) is 0 Å². The number of hydrogen-bond donors (Lipinski definition) is 1. The fourth-order valence-electron chi connectivity index (χ4n) is 2.13. The Morgan fingerprint density at radius 2 is 2.00 bits per heavy atom. The predicted molar refractivity (Wildman–Crippen MR) is 79.9 cm³/mol. The molecule has 2 N–H and O–H groups in total. The second-order valence-electron chi connectivity index (χ2n) is 4.76. The van der Waals surface area contributed by atoms with E-state index in [1.165, 1.54) is 12.1 Å². The molecule has 0 fully saturated rings. The van der Waals surface area contributed by atoms with Crippen LogP contribution in [0.1, 0.15) is 22.7 Å². The topological polar surface area (TPSA) is 69.2 Å². The molecule has 2 aromatic carbocycles. The van der Waals surface area contributed by atoms with E-state index in [-0.39, 0.29) is 11.7 Å². The summed E-state index contributed by atoms with van der Waals surface area (Å²) < 4.78 is 0. The lowest BCUT2D eigenvalue weighted by Gasteiger charge is -2.14. The summed E-state index contributed by atoms with van der Waals surface area (Å²) in [5, 5.41) is 11.5. The number of benzene rings is 2. The Labute approximate surface area is 122 Å². The molecule has 0 aliphatic carbocycles. The molecule has 5 heteroatoms. The predicted octanol–water partition coefficient (Wildman–Crippen LogP) is 3.80. The summed E-state index contributed by atoms with van der Waals surface area (Å²) in [5.41, 5.74) is 8.72. The van der Waals surface area contributed by atoms with Crippen molar-refractivity contribution in [1.29, 1.82) is 0 Å². The van der Waals surface area contributed by atoms with E-state index in [0.717, 1.165) is 16.7 Å². The molecule has 0 heterocycles. The maximum Gasteiger partial charge on any atom is 0.270 e. The zero-order valence-electron chi connectivity index (χ0n) is 11.0. The zero-order chi connectivity index (χ0) is 14.7. The van der Waals surface area contributed by atoms with Crippen molar-refractivity contribution in [2.75, 3.05) is 0 Å². The highest BCUT2D eigenvalue weighted by Gasteiger charge is 2.14. The molecule has 20 heavy (non-hydrogen) atoms. The van der Waals surface area contributed by atoms with E-state index in [1.54, 1.807) is 0 Å². The monoisotopic (exact) mass is 290 g/mol. The number of hydrogen-bond acceptors (Lipinski definition) is 3. The summed E-state index contributed by atoms with van der Waals surface area (Å²) in [4.78, 5) is 10.5. The first-order valence-electron chi connectivity index (χ1n) is 6.22. The molecule has 104 valence electrons. The van der Waals surface area contributed by atoms with Gasteiger partial charge in [0, 0.05) is 23.2 Å². The normalized spacial score (nSPS) is 12.2. The van der Waals surface area contributed by atoms with Crippen LogP contribution in [-0.2, 0) is 6.42 Å². The average molecular weight is 291 g/mol. The number of rotatable bonds is 4. The van der Waals surface area contributed by atoms with Crippen LogP contribution >= 0.6 is 11.6 Å². The number of nitrogens with zero attached hydrogens (tertiary/aromatic N) is 1. The largest absolute Gasteiger partial charge is 0.324 e. The molecule has 0 spiro atoms. The summed E-state index contributed by atoms with van der Waals surface area (Å²) in [7, 11) is 0. The number of nitrogens with two attached hydrogens (primary N) is 1. The van der Waals surface area contributed by atoms with E-state index in [9.17, 15) is 10.1 Å². The molecule has 2 rings (SSSR count). The molecule has 0 saturated heterocycles. The van der Waals surface area contributed by atoms with Gasteiger partial charge < -0.3 is 5.73 Å². The Morgan fingerprint density at radius 3 is 2.65 bits per heavy atom. The summed E-state index contributed by atoms with van der Waals surface area (Å²) >= 11 is 6.10. The number of nitro benzene ring substituents is 1. The average Bonchev–Trinajstić information content (AvgIpc) is 2.40. The van der Waals surface area contributed by atoms with E-state index in [1.807, 2.05) is 37.3 Å². The number of non-ortho nitro benzene ring substituents is 1. The van der Waals surface area contributed by atoms with E-state index in [4.69, 9.17) is 17.3 Å². The van der Waals surface area contributed by atoms with Gasteiger partial charge in [-0.15, -0.1) is 0 Å². The molecule has 0 aliphatic heterocycles. The summed E-state index contributed by atoms with van der Waals surface area (Å²) in [6, 6.07) is 12.1. The Kier molecular flexibility index (Phi) is 4.37. The second-order valence-corrected chi connectivity index (χ2v) is 5.17. The molecule has 0 bridgehead atoms. The van der Waals surface area contributed by atoms with Gasteiger partial charge in [-0.2, -0.15) is 0 Å². The van der Waals surface area contributed by atoms with Crippen LogP contribution in [-0.4, -0.2) is 4.92 Å². The van der Waals surface area contributed by atoms with Gasteiger partial charge in [0.05, 0.1) is 4.92 Å². The number of aryl methyl sites for hydroxylation is 1. The minimum atomic E-state index is -0.404. The highest BCUT2D eigenvalue weighted by atomic mass is 35.5. The SMILES string of the molecule is Cc1cc(C(N)Cc2ccccc2Cl)cc([N+](=O)[O-])c1. The highest BCUT2D eigenvalue weighted by molar-refractivity contribution is 6.31. The van der Waals surface area contributed by atoms with Crippen LogP contribution < -0.4 is 5.73 Å². The van der Waals surface area contributed by atoms with E-state index < -0.39 is 4.92 Å². The van der Waals surface area contributed by atoms with Crippen molar-refractivity contribution in [2.24, 2.45) is 5.73 Å². The smallest absolute Gasteiger partial charge is 0.270 e. The van der Waals surface area contributed by atoms with Crippen LogP contribution in [0.15, 0.2) is 42.5 Å². The van der Waals surface area contributed by atoms with Crippen molar-refractivity contribution >= 4 is 17.3 Å². The Morgan fingerprint density at radius 1 is 1.30 bits per heavy atom. The van der Waals surface area contributed by atoms with Gasteiger partial charge in [0.25, 0.3) is 5.69 Å². The van der Waals surface area contributed by atoms with Gasteiger partial charge in [0.2, 0.25) is 0 Å². The van der Waals surface area contributed by atoms with Crippen molar-refractivity contribution in [3.05, 3.63) is 74.3 Å². The first-order valence-corrected chi connectivity index (χ1v) is 6.60.